The molecule has 0 bridgehead atoms. The molecule has 0 spiro atoms. The third-order valence-corrected chi connectivity index (χ3v) is 0. The summed E-state index contributed by atoms with van der Waals surface area (Å²) in [5.74, 6) is 0. The van der Waals surface area contributed by atoms with E-state index in [9.17, 15) is 0 Å². The normalized spacial score (nSPS) is 0. The molecule has 4 heteroatoms. The van der Waals surface area contributed by atoms with Crippen LogP contribution in [-0.2, 0) is 0 Å². The van der Waals surface area contributed by atoms with Crippen molar-refractivity contribution in [2.24, 2.45) is 0 Å². The van der Waals surface area contributed by atoms with Crippen molar-refractivity contribution in [2.75, 3.05) is 0 Å². The molecule has 0 aromatic rings. The Morgan fingerprint density at radius 3 is 1.25 bits per heavy atom. The molecule has 28 valence electrons. The predicted octanol–water partition coefficient (Wildman–Crippen LogP) is -0.241. The van der Waals surface area contributed by atoms with E-state index in [4.69, 9.17) is 0 Å². The maximum absolute atomic E-state index is 0. The van der Waals surface area contributed by atoms with Crippen LogP contribution in [0.2, 0.25) is 0 Å². The van der Waals surface area contributed by atoms with Crippen LogP contribution < -0.4 is 6.15 Å². The second-order valence-corrected chi connectivity index (χ2v) is 0. The number of rotatable bonds is 0. The smallest absolute Gasteiger partial charge is 1.00 e. The summed E-state index contributed by atoms with van der Waals surface area (Å²) >= 11 is 0. The SMILES string of the molecule is Br.N.O.[H-].[H-].[Mg+2]. The largest absolute Gasteiger partial charge is 2.00 e. The van der Waals surface area contributed by atoms with E-state index >= 15 is 0 Å². The van der Waals surface area contributed by atoms with Crippen molar-refractivity contribution in [3.8, 4) is 0 Å². The van der Waals surface area contributed by atoms with Crippen LogP contribution in [0, 0.1) is 0 Å². The van der Waals surface area contributed by atoms with Gasteiger partial charge in [0.15, 0.2) is 0 Å². The molecule has 0 aliphatic rings. The minimum Gasteiger partial charge on any atom is -1.00 e. The summed E-state index contributed by atoms with van der Waals surface area (Å²) in [7, 11) is 0. The molecule has 0 aliphatic carbocycles. The van der Waals surface area contributed by atoms with Gasteiger partial charge in [-0.1, -0.05) is 0 Å². The topological polar surface area (TPSA) is 66.5 Å². The molecule has 0 radical (unpaired) electrons. The molecule has 0 fully saturated rings. The summed E-state index contributed by atoms with van der Waals surface area (Å²) in [4.78, 5) is 0. The monoisotopic (exact) mass is 141 g/mol. The Morgan fingerprint density at radius 2 is 1.25 bits per heavy atom. The summed E-state index contributed by atoms with van der Waals surface area (Å²) in [6.45, 7) is 0. The fourth-order valence-electron chi connectivity index (χ4n) is 0. The Bertz CT molecular complexity index is 13.5. The third-order valence-electron chi connectivity index (χ3n) is 0. The van der Waals surface area contributed by atoms with Gasteiger partial charge < -0.3 is 14.5 Å². The first-order valence-corrected chi connectivity index (χ1v) is 0. The van der Waals surface area contributed by atoms with Gasteiger partial charge in [0.25, 0.3) is 0 Å². The van der Waals surface area contributed by atoms with Gasteiger partial charge in [-0.2, -0.15) is 0 Å². The Labute approximate surface area is 54.7 Å². The van der Waals surface area contributed by atoms with Gasteiger partial charge >= 0.3 is 23.1 Å². The predicted molar refractivity (Wildman–Crippen MR) is 26.9 cm³/mol. The van der Waals surface area contributed by atoms with E-state index in [2.05, 4.69) is 0 Å². The standard InChI is InChI=1S/BrH.Mg.H3N.H2O.2H/h1H;;1H3;1H2;;/q;+2;;;2*-1. The number of hydrogen-bond donors (Lipinski definition) is 1. The zero-order valence-electron chi connectivity index (χ0n) is 4.32. The fraction of sp³-hybridized carbons (Fsp3) is 0. The number of halogens is 1. The van der Waals surface area contributed by atoms with Crippen molar-refractivity contribution in [1.29, 1.82) is 0 Å². The van der Waals surface area contributed by atoms with Crippen molar-refractivity contribution < 1.29 is 8.33 Å². The molecule has 0 atom stereocenters. The van der Waals surface area contributed by atoms with Crippen molar-refractivity contribution >= 4 is 40.0 Å². The molecule has 0 aromatic carbocycles. The van der Waals surface area contributed by atoms with Crippen LogP contribution in [0.3, 0.4) is 0 Å². The second-order valence-electron chi connectivity index (χ2n) is 0. The van der Waals surface area contributed by atoms with Gasteiger partial charge in [0, 0.05) is 0 Å². The maximum Gasteiger partial charge on any atom is 2.00 e. The Kier molecular flexibility index (Phi) is 506. The van der Waals surface area contributed by atoms with Crippen molar-refractivity contribution in [3.05, 3.63) is 0 Å². The molecule has 0 amide bonds. The van der Waals surface area contributed by atoms with Crippen molar-refractivity contribution in [3.63, 3.8) is 0 Å². The van der Waals surface area contributed by atoms with Gasteiger partial charge in [0.05, 0.1) is 0 Å². The van der Waals surface area contributed by atoms with E-state index in [0.717, 1.165) is 0 Å². The van der Waals surface area contributed by atoms with Crippen LogP contribution in [0.25, 0.3) is 0 Å². The summed E-state index contributed by atoms with van der Waals surface area (Å²) < 4.78 is 0. The van der Waals surface area contributed by atoms with Gasteiger partial charge in [0.2, 0.25) is 0 Å². The maximum atomic E-state index is 0. The van der Waals surface area contributed by atoms with Crippen molar-refractivity contribution in [1.82, 2.24) is 6.15 Å². The van der Waals surface area contributed by atoms with Crippen LogP contribution in [0.15, 0.2) is 0 Å². The van der Waals surface area contributed by atoms with Gasteiger partial charge in [-0.05, 0) is 0 Å². The molecular weight excluding hydrogens is 134 g/mol. The molecule has 5 N–H and O–H groups in total. The zero-order valence-corrected chi connectivity index (χ0v) is 5.45. The van der Waals surface area contributed by atoms with Crippen LogP contribution in [0.4, 0.5) is 0 Å². The Morgan fingerprint density at radius 1 is 1.25 bits per heavy atom. The third kappa shape index (κ3) is 10.9. The molecule has 0 aliphatic heterocycles. The molecular formula is H8BrMgNO. The summed E-state index contributed by atoms with van der Waals surface area (Å²) in [6.07, 6.45) is 0. The van der Waals surface area contributed by atoms with Crippen molar-refractivity contribution in [2.45, 2.75) is 0 Å². The molecule has 0 saturated heterocycles. The summed E-state index contributed by atoms with van der Waals surface area (Å²) in [5.41, 5.74) is 0. The summed E-state index contributed by atoms with van der Waals surface area (Å²) in [5, 5.41) is 0. The van der Waals surface area contributed by atoms with Gasteiger partial charge in [-0.3, -0.25) is 0 Å². The minimum atomic E-state index is 0. The average Bonchev–Trinajstić information content (AvgIpc) is 0. The van der Waals surface area contributed by atoms with Crippen LogP contribution in [0.1, 0.15) is 2.85 Å². The van der Waals surface area contributed by atoms with E-state index in [1.165, 1.54) is 0 Å². The van der Waals surface area contributed by atoms with E-state index in [-0.39, 0.29) is 54.5 Å². The molecule has 0 heterocycles. The molecule has 0 saturated carbocycles. The summed E-state index contributed by atoms with van der Waals surface area (Å²) in [6, 6.07) is 0. The minimum absolute atomic E-state index is 0. The average molecular weight is 142 g/mol. The zero-order chi connectivity index (χ0) is 0. The van der Waals surface area contributed by atoms with E-state index in [0.29, 0.717) is 0 Å². The second kappa shape index (κ2) is 30.7. The Balaban J connectivity index is 0. The van der Waals surface area contributed by atoms with E-state index < -0.39 is 0 Å². The van der Waals surface area contributed by atoms with Crippen LogP contribution >= 0.6 is 17.0 Å². The van der Waals surface area contributed by atoms with Gasteiger partial charge in [-0.25, -0.2) is 0 Å². The molecule has 0 aromatic heterocycles. The van der Waals surface area contributed by atoms with Gasteiger partial charge in [-0.15, -0.1) is 17.0 Å². The number of hydrogen-bond acceptors (Lipinski definition) is 1. The first kappa shape index (κ1) is 65.9. The quantitative estimate of drug-likeness (QED) is 0.466. The molecule has 4 heavy (non-hydrogen) atoms. The van der Waals surface area contributed by atoms with Crippen LogP contribution in [0.5, 0.6) is 0 Å². The first-order valence-electron chi connectivity index (χ1n) is 0. The van der Waals surface area contributed by atoms with E-state index in [1.807, 2.05) is 0 Å². The first-order chi connectivity index (χ1) is 0. The molecule has 0 unspecified atom stereocenters. The van der Waals surface area contributed by atoms with E-state index in [1.54, 1.807) is 0 Å². The Hall–Kier alpha value is 1.17. The fourth-order valence-corrected chi connectivity index (χ4v) is 0. The molecule has 2 nitrogen and oxygen atoms in total. The van der Waals surface area contributed by atoms with Crippen LogP contribution in [-0.4, -0.2) is 28.5 Å². The van der Waals surface area contributed by atoms with Gasteiger partial charge in [0.1, 0.15) is 0 Å². The molecule has 0 rings (SSSR count).